The highest BCUT2D eigenvalue weighted by molar-refractivity contribution is 7.99. The SMILES string of the molecule is COc1ccc(-c2nc(S[C@@H](CC(=O)NC[C@@H](O)c3ccccc3)c3ccc(OC)cc3)n[nH]2)cc1. The number of rotatable bonds is 11. The second-order valence-corrected chi connectivity index (χ2v) is 9.18. The van der Waals surface area contributed by atoms with Crippen LogP contribution in [0, 0.1) is 0 Å². The fourth-order valence-corrected chi connectivity index (χ4v) is 4.62. The second-order valence-electron chi connectivity index (χ2n) is 8.01. The van der Waals surface area contributed by atoms with Crippen LogP contribution in [0.5, 0.6) is 11.5 Å². The van der Waals surface area contributed by atoms with Crippen LogP contribution in [0.25, 0.3) is 11.4 Å². The molecule has 2 atom stereocenters. The molecule has 1 heterocycles. The molecule has 0 unspecified atom stereocenters. The van der Waals surface area contributed by atoms with Gasteiger partial charge in [-0.15, -0.1) is 5.10 Å². The first-order valence-corrected chi connectivity index (χ1v) is 12.3. The average molecular weight is 505 g/mol. The molecule has 4 rings (SSSR count). The van der Waals surface area contributed by atoms with E-state index in [1.54, 1.807) is 14.2 Å². The zero-order valence-electron chi connectivity index (χ0n) is 20.0. The summed E-state index contributed by atoms with van der Waals surface area (Å²) in [5.74, 6) is 1.95. The van der Waals surface area contributed by atoms with E-state index in [9.17, 15) is 9.90 Å². The highest BCUT2D eigenvalue weighted by Crippen LogP contribution is 2.37. The molecule has 0 aliphatic carbocycles. The summed E-state index contributed by atoms with van der Waals surface area (Å²) < 4.78 is 10.5. The smallest absolute Gasteiger partial charge is 0.221 e. The summed E-state index contributed by atoms with van der Waals surface area (Å²) in [6.45, 7) is 0.130. The van der Waals surface area contributed by atoms with E-state index in [1.165, 1.54) is 11.8 Å². The summed E-state index contributed by atoms with van der Waals surface area (Å²) in [5.41, 5.74) is 2.57. The molecular formula is C27H28N4O4S. The number of ether oxygens (including phenoxy) is 2. The Hall–Kier alpha value is -3.82. The number of nitrogens with zero attached hydrogens (tertiary/aromatic N) is 2. The fraction of sp³-hybridized carbons (Fsp3) is 0.222. The predicted octanol–water partition coefficient (Wildman–Crippen LogP) is 4.56. The minimum absolute atomic E-state index is 0.130. The van der Waals surface area contributed by atoms with Gasteiger partial charge in [-0.05, 0) is 47.5 Å². The Labute approximate surface area is 214 Å². The molecule has 0 saturated heterocycles. The first-order chi connectivity index (χ1) is 17.6. The Morgan fingerprint density at radius 3 is 2.22 bits per heavy atom. The maximum atomic E-state index is 12.8. The average Bonchev–Trinajstić information content (AvgIpc) is 3.40. The molecule has 3 aromatic carbocycles. The third kappa shape index (κ3) is 6.65. The largest absolute Gasteiger partial charge is 0.497 e. The van der Waals surface area contributed by atoms with Crippen molar-refractivity contribution in [1.82, 2.24) is 20.5 Å². The summed E-state index contributed by atoms with van der Waals surface area (Å²) in [5, 5.41) is 20.8. The maximum Gasteiger partial charge on any atom is 0.221 e. The van der Waals surface area contributed by atoms with E-state index < -0.39 is 6.10 Å². The van der Waals surface area contributed by atoms with Gasteiger partial charge in [0, 0.05) is 23.8 Å². The van der Waals surface area contributed by atoms with Gasteiger partial charge in [0.15, 0.2) is 5.82 Å². The molecule has 0 saturated carbocycles. The van der Waals surface area contributed by atoms with E-state index >= 15 is 0 Å². The monoisotopic (exact) mass is 504 g/mol. The maximum absolute atomic E-state index is 12.8. The molecule has 1 amide bonds. The standard InChI is InChI=1S/C27H28N4O4S/c1-34-21-12-8-19(9-13-21)24(16-25(33)28-17-23(32)18-6-4-3-5-7-18)36-27-29-26(30-31-27)20-10-14-22(35-2)15-11-20/h3-15,23-24,32H,16-17H2,1-2H3,(H,28,33)(H,29,30,31)/t23-,24+/m1/s1. The molecule has 4 aromatic rings. The predicted molar refractivity (Wildman–Crippen MR) is 139 cm³/mol. The van der Waals surface area contributed by atoms with Crippen molar-refractivity contribution in [3.8, 4) is 22.9 Å². The van der Waals surface area contributed by atoms with Crippen molar-refractivity contribution >= 4 is 17.7 Å². The zero-order valence-corrected chi connectivity index (χ0v) is 20.9. The first kappa shape index (κ1) is 25.3. The lowest BCUT2D eigenvalue weighted by Gasteiger charge is -2.17. The summed E-state index contributed by atoms with van der Waals surface area (Å²) >= 11 is 1.40. The first-order valence-electron chi connectivity index (χ1n) is 11.4. The third-order valence-electron chi connectivity index (χ3n) is 5.61. The van der Waals surface area contributed by atoms with Crippen LogP contribution in [0.2, 0.25) is 0 Å². The van der Waals surface area contributed by atoms with Gasteiger partial charge >= 0.3 is 0 Å². The molecule has 36 heavy (non-hydrogen) atoms. The van der Waals surface area contributed by atoms with Crippen LogP contribution in [0.1, 0.15) is 28.9 Å². The number of hydrogen-bond donors (Lipinski definition) is 3. The number of carbonyl (C=O) groups excluding carboxylic acids is 1. The van der Waals surface area contributed by atoms with Gasteiger partial charge in [-0.1, -0.05) is 54.2 Å². The third-order valence-corrected chi connectivity index (χ3v) is 6.73. The molecule has 0 spiro atoms. The number of aliphatic hydroxyl groups is 1. The van der Waals surface area contributed by atoms with E-state index in [0.717, 1.165) is 28.2 Å². The van der Waals surface area contributed by atoms with Crippen LogP contribution in [0.15, 0.2) is 84.0 Å². The molecule has 3 N–H and O–H groups in total. The summed E-state index contributed by atoms with van der Waals surface area (Å²) in [6.07, 6.45) is -0.590. The molecule has 0 aliphatic rings. The molecule has 1 aromatic heterocycles. The molecular weight excluding hydrogens is 476 g/mol. The van der Waals surface area contributed by atoms with Gasteiger partial charge < -0.3 is 19.9 Å². The van der Waals surface area contributed by atoms with Crippen molar-refractivity contribution in [2.24, 2.45) is 0 Å². The minimum Gasteiger partial charge on any atom is -0.497 e. The Morgan fingerprint density at radius 1 is 0.944 bits per heavy atom. The van der Waals surface area contributed by atoms with Crippen molar-refractivity contribution in [1.29, 1.82) is 0 Å². The van der Waals surface area contributed by atoms with Crippen molar-refractivity contribution < 1.29 is 19.4 Å². The molecule has 9 heteroatoms. The fourth-order valence-electron chi connectivity index (χ4n) is 3.59. The van der Waals surface area contributed by atoms with E-state index in [1.807, 2.05) is 78.9 Å². The molecule has 186 valence electrons. The Bertz CT molecular complexity index is 1250. The number of carbonyl (C=O) groups is 1. The van der Waals surface area contributed by atoms with Gasteiger partial charge in [-0.25, -0.2) is 4.98 Å². The summed E-state index contributed by atoms with van der Waals surface area (Å²) in [7, 11) is 3.23. The van der Waals surface area contributed by atoms with Crippen LogP contribution in [0.3, 0.4) is 0 Å². The van der Waals surface area contributed by atoms with Gasteiger partial charge in [0.05, 0.1) is 20.3 Å². The Kier molecular flexibility index (Phi) is 8.59. The number of nitrogens with one attached hydrogen (secondary N) is 2. The molecule has 0 bridgehead atoms. The van der Waals surface area contributed by atoms with Gasteiger partial charge in [0.25, 0.3) is 0 Å². The number of amides is 1. The zero-order chi connectivity index (χ0) is 25.3. The number of methoxy groups -OCH3 is 2. The van der Waals surface area contributed by atoms with Gasteiger partial charge in [0.2, 0.25) is 11.1 Å². The van der Waals surface area contributed by atoms with E-state index in [4.69, 9.17) is 9.47 Å². The lowest BCUT2D eigenvalue weighted by atomic mass is 10.1. The number of benzene rings is 3. The van der Waals surface area contributed by atoms with Crippen molar-refractivity contribution in [3.63, 3.8) is 0 Å². The van der Waals surface area contributed by atoms with E-state index in [-0.39, 0.29) is 24.1 Å². The van der Waals surface area contributed by atoms with E-state index in [0.29, 0.717) is 11.0 Å². The second kappa shape index (κ2) is 12.2. The van der Waals surface area contributed by atoms with Gasteiger partial charge in [-0.3, -0.25) is 9.89 Å². The van der Waals surface area contributed by atoms with E-state index in [2.05, 4.69) is 20.5 Å². The van der Waals surface area contributed by atoms with Crippen LogP contribution < -0.4 is 14.8 Å². The highest BCUT2D eigenvalue weighted by Gasteiger charge is 2.21. The molecule has 8 nitrogen and oxygen atoms in total. The van der Waals surface area contributed by atoms with Crippen molar-refractivity contribution in [3.05, 3.63) is 90.0 Å². The van der Waals surface area contributed by atoms with Gasteiger partial charge in [-0.2, -0.15) is 0 Å². The minimum atomic E-state index is -0.776. The number of aliphatic hydroxyl groups excluding tert-OH is 1. The topological polar surface area (TPSA) is 109 Å². The number of hydrogen-bond acceptors (Lipinski definition) is 7. The summed E-state index contributed by atoms with van der Waals surface area (Å²) in [4.78, 5) is 17.5. The van der Waals surface area contributed by atoms with Crippen molar-refractivity contribution in [2.45, 2.75) is 22.9 Å². The van der Waals surface area contributed by atoms with Crippen LogP contribution >= 0.6 is 11.8 Å². The molecule has 0 aliphatic heterocycles. The van der Waals surface area contributed by atoms with Gasteiger partial charge in [0.1, 0.15) is 11.5 Å². The Balaban J connectivity index is 1.46. The van der Waals surface area contributed by atoms with Crippen LogP contribution in [-0.4, -0.2) is 47.0 Å². The number of aromatic amines is 1. The number of H-pyrrole nitrogens is 1. The molecule has 0 fully saturated rings. The number of aromatic nitrogens is 3. The Morgan fingerprint density at radius 2 is 1.58 bits per heavy atom. The normalized spacial score (nSPS) is 12.5. The lowest BCUT2D eigenvalue weighted by Crippen LogP contribution is -2.29. The van der Waals surface area contributed by atoms with Crippen LogP contribution in [0.4, 0.5) is 0 Å². The quantitative estimate of drug-likeness (QED) is 0.257. The summed E-state index contributed by atoms with van der Waals surface area (Å²) in [6, 6.07) is 24.4. The van der Waals surface area contributed by atoms with Crippen molar-refractivity contribution in [2.75, 3.05) is 20.8 Å². The highest BCUT2D eigenvalue weighted by atomic mass is 32.2. The number of thioether (sulfide) groups is 1. The molecule has 0 radical (unpaired) electrons. The van der Waals surface area contributed by atoms with Crippen LogP contribution in [-0.2, 0) is 4.79 Å². The lowest BCUT2D eigenvalue weighted by molar-refractivity contribution is -0.121.